The van der Waals surface area contributed by atoms with Gasteiger partial charge in [0.15, 0.2) is 0 Å². The summed E-state index contributed by atoms with van der Waals surface area (Å²) in [6.07, 6.45) is 1.69. The number of phenolic OH excluding ortho intramolecular Hbond substituents is 1. The molecule has 0 aliphatic carbocycles. The molecule has 2 aromatic carbocycles. The summed E-state index contributed by atoms with van der Waals surface area (Å²) >= 11 is 0. The van der Waals surface area contributed by atoms with Crippen molar-refractivity contribution in [3.05, 3.63) is 52.6 Å². The van der Waals surface area contributed by atoms with Gasteiger partial charge in [0.25, 0.3) is 5.91 Å². The Morgan fingerprint density at radius 1 is 1.25 bits per heavy atom. The third-order valence-electron chi connectivity index (χ3n) is 4.23. The lowest BCUT2D eigenvalue weighted by atomic mass is 9.99. The average molecular weight is 324 g/mol. The molecule has 1 aliphatic rings. The summed E-state index contributed by atoms with van der Waals surface area (Å²) in [5, 5.41) is 15.8. The van der Waals surface area contributed by atoms with Crippen molar-refractivity contribution >= 4 is 23.2 Å². The summed E-state index contributed by atoms with van der Waals surface area (Å²) in [4.78, 5) is 24.0. The molecule has 2 aromatic rings. The SMILES string of the molecule is CCc1c(O)cc(C)cc1C(=O)Nc1ccc2c(c1)CCC(=O)N2. The third kappa shape index (κ3) is 3.11. The van der Waals surface area contributed by atoms with Gasteiger partial charge in [0.1, 0.15) is 5.75 Å². The van der Waals surface area contributed by atoms with Gasteiger partial charge in [-0.2, -0.15) is 0 Å². The summed E-state index contributed by atoms with van der Waals surface area (Å²) in [5.41, 5.74) is 4.45. The zero-order valence-corrected chi connectivity index (χ0v) is 13.8. The molecule has 0 unspecified atom stereocenters. The fraction of sp³-hybridized carbons (Fsp3) is 0.263. The quantitative estimate of drug-likeness (QED) is 0.809. The maximum Gasteiger partial charge on any atom is 0.256 e. The van der Waals surface area contributed by atoms with Crippen LogP contribution in [0.3, 0.4) is 0 Å². The van der Waals surface area contributed by atoms with Gasteiger partial charge in [0.2, 0.25) is 5.91 Å². The summed E-state index contributed by atoms with van der Waals surface area (Å²) in [7, 11) is 0. The minimum atomic E-state index is -0.245. The van der Waals surface area contributed by atoms with Crippen molar-refractivity contribution < 1.29 is 14.7 Å². The zero-order valence-electron chi connectivity index (χ0n) is 13.8. The van der Waals surface area contributed by atoms with E-state index in [-0.39, 0.29) is 17.6 Å². The van der Waals surface area contributed by atoms with E-state index >= 15 is 0 Å². The van der Waals surface area contributed by atoms with Crippen LogP contribution in [0.15, 0.2) is 30.3 Å². The van der Waals surface area contributed by atoms with Gasteiger partial charge in [-0.1, -0.05) is 6.92 Å². The predicted molar refractivity (Wildman–Crippen MR) is 93.6 cm³/mol. The van der Waals surface area contributed by atoms with Gasteiger partial charge in [-0.3, -0.25) is 9.59 Å². The minimum absolute atomic E-state index is 0.0158. The second-order valence-electron chi connectivity index (χ2n) is 6.04. The fourth-order valence-electron chi connectivity index (χ4n) is 3.03. The van der Waals surface area contributed by atoms with Crippen LogP contribution in [0.2, 0.25) is 0 Å². The summed E-state index contributed by atoms with van der Waals surface area (Å²) in [5.74, 6) is -0.0800. The van der Waals surface area contributed by atoms with E-state index in [1.807, 2.05) is 19.9 Å². The van der Waals surface area contributed by atoms with Gasteiger partial charge in [-0.05, 0) is 61.2 Å². The number of rotatable bonds is 3. The lowest BCUT2D eigenvalue weighted by molar-refractivity contribution is -0.116. The van der Waals surface area contributed by atoms with E-state index in [0.717, 1.165) is 16.8 Å². The number of benzene rings is 2. The second kappa shape index (κ2) is 6.35. The highest BCUT2D eigenvalue weighted by Gasteiger charge is 2.17. The van der Waals surface area contributed by atoms with Gasteiger partial charge < -0.3 is 15.7 Å². The molecule has 1 heterocycles. The van der Waals surface area contributed by atoms with Crippen LogP contribution in [0.25, 0.3) is 0 Å². The van der Waals surface area contributed by atoms with E-state index in [1.165, 1.54) is 0 Å². The highest BCUT2D eigenvalue weighted by atomic mass is 16.3. The maximum absolute atomic E-state index is 12.6. The molecular weight excluding hydrogens is 304 g/mol. The van der Waals surface area contributed by atoms with Crippen molar-refractivity contribution in [3.8, 4) is 5.75 Å². The minimum Gasteiger partial charge on any atom is -0.508 e. The highest BCUT2D eigenvalue weighted by Crippen LogP contribution is 2.28. The van der Waals surface area contributed by atoms with E-state index in [4.69, 9.17) is 0 Å². The molecule has 0 aromatic heterocycles. The number of carbonyl (C=O) groups excluding carboxylic acids is 2. The summed E-state index contributed by atoms with van der Waals surface area (Å²) in [6, 6.07) is 8.90. The molecular formula is C19H20N2O3. The molecule has 2 amide bonds. The van der Waals surface area contributed by atoms with Crippen LogP contribution in [0, 0.1) is 6.92 Å². The Balaban J connectivity index is 1.87. The van der Waals surface area contributed by atoms with Crippen LogP contribution < -0.4 is 10.6 Å². The number of hydrogen-bond donors (Lipinski definition) is 3. The molecule has 24 heavy (non-hydrogen) atoms. The molecule has 0 fully saturated rings. The van der Waals surface area contributed by atoms with Crippen LogP contribution in [0.5, 0.6) is 5.75 Å². The number of phenols is 1. The number of amides is 2. The monoisotopic (exact) mass is 324 g/mol. The molecule has 3 N–H and O–H groups in total. The van der Waals surface area contributed by atoms with Gasteiger partial charge in [0, 0.05) is 28.9 Å². The van der Waals surface area contributed by atoms with Crippen molar-refractivity contribution in [2.75, 3.05) is 10.6 Å². The number of hydrogen-bond acceptors (Lipinski definition) is 3. The Hall–Kier alpha value is -2.82. The van der Waals surface area contributed by atoms with E-state index in [0.29, 0.717) is 36.1 Å². The van der Waals surface area contributed by atoms with Crippen LogP contribution in [-0.4, -0.2) is 16.9 Å². The molecule has 1 aliphatic heterocycles. The van der Waals surface area contributed by atoms with Crippen LogP contribution >= 0.6 is 0 Å². The number of aryl methyl sites for hydroxylation is 2. The Bertz CT molecular complexity index is 828. The lowest BCUT2D eigenvalue weighted by Crippen LogP contribution is -2.19. The summed E-state index contributed by atoms with van der Waals surface area (Å²) in [6.45, 7) is 3.75. The van der Waals surface area contributed by atoms with Crippen molar-refractivity contribution in [3.63, 3.8) is 0 Å². The molecule has 5 nitrogen and oxygen atoms in total. The largest absolute Gasteiger partial charge is 0.508 e. The van der Waals surface area contributed by atoms with Gasteiger partial charge >= 0.3 is 0 Å². The first-order chi connectivity index (χ1) is 11.5. The fourth-order valence-corrected chi connectivity index (χ4v) is 3.03. The molecule has 5 heteroatoms. The molecule has 124 valence electrons. The van der Waals surface area contributed by atoms with E-state index in [1.54, 1.807) is 24.3 Å². The van der Waals surface area contributed by atoms with Gasteiger partial charge in [-0.25, -0.2) is 0 Å². The first-order valence-corrected chi connectivity index (χ1v) is 8.04. The van der Waals surface area contributed by atoms with Crippen LogP contribution in [-0.2, 0) is 17.6 Å². The highest BCUT2D eigenvalue weighted by molar-refractivity contribution is 6.06. The molecule has 0 radical (unpaired) electrons. The van der Waals surface area contributed by atoms with E-state index in [9.17, 15) is 14.7 Å². The number of carbonyl (C=O) groups is 2. The average Bonchev–Trinajstić information content (AvgIpc) is 2.54. The van der Waals surface area contributed by atoms with Crippen molar-refractivity contribution in [2.24, 2.45) is 0 Å². The Kier molecular flexibility index (Phi) is 4.25. The predicted octanol–water partition coefficient (Wildman–Crippen LogP) is 3.40. The van der Waals surface area contributed by atoms with Crippen molar-refractivity contribution in [1.29, 1.82) is 0 Å². The third-order valence-corrected chi connectivity index (χ3v) is 4.23. The number of nitrogens with one attached hydrogen (secondary N) is 2. The Morgan fingerprint density at radius 2 is 2.04 bits per heavy atom. The molecule has 3 rings (SSSR count). The molecule has 0 saturated carbocycles. The van der Waals surface area contributed by atoms with Crippen LogP contribution in [0.1, 0.15) is 40.4 Å². The standard InChI is InChI=1S/C19H20N2O3/c1-3-14-15(8-11(2)9-17(14)22)19(24)20-13-5-6-16-12(10-13)4-7-18(23)21-16/h5-6,8-10,22H,3-4,7H2,1-2H3,(H,20,24)(H,21,23). The van der Waals surface area contributed by atoms with Gasteiger partial charge in [-0.15, -0.1) is 0 Å². The molecule has 0 saturated heterocycles. The first kappa shape index (κ1) is 16.1. The maximum atomic E-state index is 12.6. The topological polar surface area (TPSA) is 78.4 Å². The lowest BCUT2D eigenvalue weighted by Gasteiger charge is -2.18. The van der Waals surface area contributed by atoms with Crippen molar-refractivity contribution in [1.82, 2.24) is 0 Å². The van der Waals surface area contributed by atoms with Crippen molar-refractivity contribution in [2.45, 2.75) is 33.1 Å². The zero-order chi connectivity index (χ0) is 17.3. The summed E-state index contributed by atoms with van der Waals surface area (Å²) < 4.78 is 0. The molecule has 0 spiro atoms. The molecule has 0 atom stereocenters. The normalized spacial score (nSPS) is 13.2. The number of anilines is 2. The number of aromatic hydroxyl groups is 1. The Morgan fingerprint density at radius 3 is 2.79 bits per heavy atom. The Labute approximate surface area is 140 Å². The van der Waals surface area contributed by atoms with E-state index < -0.39 is 0 Å². The molecule has 0 bridgehead atoms. The smallest absolute Gasteiger partial charge is 0.256 e. The number of fused-ring (bicyclic) bond motifs is 1. The van der Waals surface area contributed by atoms with Crippen LogP contribution in [0.4, 0.5) is 11.4 Å². The first-order valence-electron chi connectivity index (χ1n) is 8.04. The van der Waals surface area contributed by atoms with E-state index in [2.05, 4.69) is 10.6 Å². The van der Waals surface area contributed by atoms with Gasteiger partial charge in [0.05, 0.1) is 0 Å². The second-order valence-corrected chi connectivity index (χ2v) is 6.04.